The summed E-state index contributed by atoms with van der Waals surface area (Å²) >= 11 is 1.73. The third-order valence-electron chi connectivity index (χ3n) is 5.43. The van der Waals surface area contributed by atoms with Gasteiger partial charge in [-0.15, -0.1) is 5.10 Å². The summed E-state index contributed by atoms with van der Waals surface area (Å²) in [4.78, 5) is 0. The lowest BCUT2D eigenvalue weighted by atomic mass is 9.82. The highest BCUT2D eigenvalue weighted by Crippen LogP contribution is 2.42. The van der Waals surface area contributed by atoms with Crippen molar-refractivity contribution in [2.24, 2.45) is 5.92 Å². The molecular formula is C18H23N5S. The van der Waals surface area contributed by atoms with Gasteiger partial charge >= 0.3 is 0 Å². The van der Waals surface area contributed by atoms with E-state index in [1.54, 1.807) is 16.0 Å². The van der Waals surface area contributed by atoms with Crippen LogP contribution in [0.5, 0.6) is 0 Å². The van der Waals surface area contributed by atoms with Crippen LogP contribution in [0.4, 0.5) is 0 Å². The maximum Gasteiger partial charge on any atom is 0.150 e. The Kier molecular flexibility index (Phi) is 4.38. The fourth-order valence-electron chi connectivity index (χ4n) is 3.74. The number of nitriles is 1. The lowest BCUT2D eigenvalue weighted by Gasteiger charge is -2.29. The minimum absolute atomic E-state index is 0.230. The Balaban J connectivity index is 1.54. The van der Waals surface area contributed by atoms with E-state index in [4.69, 9.17) is 0 Å². The van der Waals surface area contributed by atoms with Crippen molar-refractivity contribution >= 4 is 11.3 Å². The van der Waals surface area contributed by atoms with Crippen molar-refractivity contribution in [3.05, 3.63) is 34.3 Å². The first-order valence-corrected chi connectivity index (χ1v) is 9.83. The van der Waals surface area contributed by atoms with E-state index in [1.165, 1.54) is 37.7 Å². The number of nitrogens with one attached hydrogen (secondary N) is 1. The Morgan fingerprint density at radius 2 is 2.21 bits per heavy atom. The second kappa shape index (κ2) is 6.66. The summed E-state index contributed by atoms with van der Waals surface area (Å²) in [7, 11) is 0. The molecule has 2 fully saturated rings. The zero-order valence-electron chi connectivity index (χ0n) is 13.8. The molecule has 0 bridgehead atoms. The molecule has 126 valence electrons. The van der Waals surface area contributed by atoms with Gasteiger partial charge in [-0.25, -0.2) is 4.68 Å². The number of hydrogen-bond acceptors (Lipinski definition) is 5. The van der Waals surface area contributed by atoms with Crippen molar-refractivity contribution in [2.45, 2.75) is 63.1 Å². The average molecular weight is 341 g/mol. The monoisotopic (exact) mass is 341 g/mol. The van der Waals surface area contributed by atoms with Gasteiger partial charge in [0.2, 0.25) is 0 Å². The van der Waals surface area contributed by atoms with Crippen LogP contribution in [-0.4, -0.2) is 15.0 Å². The molecule has 24 heavy (non-hydrogen) atoms. The van der Waals surface area contributed by atoms with Crippen LogP contribution in [0.1, 0.15) is 62.2 Å². The van der Waals surface area contributed by atoms with Crippen LogP contribution >= 0.6 is 11.3 Å². The van der Waals surface area contributed by atoms with Crippen LogP contribution in [0.15, 0.2) is 23.0 Å². The predicted molar refractivity (Wildman–Crippen MR) is 93.3 cm³/mol. The molecule has 5 nitrogen and oxygen atoms in total. The van der Waals surface area contributed by atoms with Crippen LogP contribution in [-0.2, 0) is 12.1 Å². The molecule has 4 rings (SSSR count). The molecule has 1 atom stereocenters. The average Bonchev–Trinajstić information content (AvgIpc) is 3.01. The molecule has 0 radical (unpaired) electrons. The minimum atomic E-state index is -0.421. The SMILES string of the molecule is N#CC1(n2cc(C(NCc3ccsc3)C3CCCCC3)nn2)CC1. The Morgan fingerprint density at radius 1 is 1.38 bits per heavy atom. The van der Waals surface area contributed by atoms with E-state index in [9.17, 15) is 5.26 Å². The van der Waals surface area contributed by atoms with E-state index in [-0.39, 0.29) is 6.04 Å². The van der Waals surface area contributed by atoms with Gasteiger partial charge in [-0.3, -0.25) is 0 Å². The normalized spacial score (nSPS) is 21.3. The van der Waals surface area contributed by atoms with Crippen LogP contribution in [0, 0.1) is 17.2 Å². The zero-order chi connectivity index (χ0) is 16.4. The predicted octanol–water partition coefficient (Wildman–Crippen LogP) is 3.76. The third-order valence-corrected chi connectivity index (χ3v) is 6.16. The fraction of sp³-hybridized carbons (Fsp3) is 0.611. The number of aromatic nitrogens is 3. The van der Waals surface area contributed by atoms with Gasteiger partial charge in [0, 0.05) is 6.54 Å². The van der Waals surface area contributed by atoms with E-state index in [1.807, 2.05) is 6.20 Å². The molecule has 0 amide bonds. The maximum absolute atomic E-state index is 9.38. The van der Waals surface area contributed by atoms with Crippen molar-refractivity contribution in [3.63, 3.8) is 0 Å². The van der Waals surface area contributed by atoms with Gasteiger partial charge in [0.1, 0.15) is 0 Å². The highest BCUT2D eigenvalue weighted by atomic mass is 32.1. The van der Waals surface area contributed by atoms with Crippen LogP contribution in [0.2, 0.25) is 0 Å². The Morgan fingerprint density at radius 3 is 2.88 bits per heavy atom. The van der Waals surface area contributed by atoms with Crippen molar-refractivity contribution in [1.29, 1.82) is 5.26 Å². The maximum atomic E-state index is 9.38. The topological polar surface area (TPSA) is 66.5 Å². The lowest BCUT2D eigenvalue weighted by molar-refractivity contribution is 0.266. The number of nitrogens with zero attached hydrogens (tertiary/aromatic N) is 4. The van der Waals surface area contributed by atoms with Crippen LogP contribution in [0.25, 0.3) is 0 Å². The van der Waals surface area contributed by atoms with Crippen molar-refractivity contribution in [3.8, 4) is 6.07 Å². The molecule has 2 aromatic heterocycles. The summed E-state index contributed by atoms with van der Waals surface area (Å²) in [5.74, 6) is 0.611. The summed E-state index contributed by atoms with van der Waals surface area (Å²) in [6, 6.07) is 4.79. The van der Waals surface area contributed by atoms with E-state index in [0.29, 0.717) is 5.92 Å². The standard InChI is InChI=1S/C18H23N5S/c19-13-18(7-8-18)23-11-16(21-22-23)17(15-4-2-1-3-5-15)20-10-14-6-9-24-12-14/h6,9,11-12,15,17,20H,1-5,7-8,10H2. The first-order chi connectivity index (χ1) is 11.8. The van der Waals surface area contributed by atoms with E-state index < -0.39 is 5.54 Å². The van der Waals surface area contributed by atoms with Gasteiger partial charge in [0.15, 0.2) is 5.54 Å². The molecule has 6 heteroatoms. The number of rotatable bonds is 6. The zero-order valence-corrected chi connectivity index (χ0v) is 14.6. The van der Waals surface area contributed by atoms with E-state index >= 15 is 0 Å². The Hall–Kier alpha value is -1.71. The van der Waals surface area contributed by atoms with E-state index in [0.717, 1.165) is 25.1 Å². The highest BCUT2D eigenvalue weighted by molar-refractivity contribution is 7.07. The lowest BCUT2D eigenvalue weighted by Crippen LogP contribution is -2.29. The summed E-state index contributed by atoms with van der Waals surface area (Å²) in [6.07, 6.45) is 10.2. The quantitative estimate of drug-likeness (QED) is 0.868. The van der Waals surface area contributed by atoms with Gasteiger partial charge < -0.3 is 5.32 Å². The van der Waals surface area contributed by atoms with Crippen LogP contribution < -0.4 is 5.32 Å². The first kappa shape index (κ1) is 15.8. The molecule has 0 aliphatic heterocycles. The summed E-state index contributed by atoms with van der Waals surface area (Å²) in [5, 5.41) is 26.1. The molecule has 2 saturated carbocycles. The number of hydrogen-bond donors (Lipinski definition) is 1. The minimum Gasteiger partial charge on any atom is -0.304 e. The molecule has 2 aliphatic carbocycles. The molecule has 1 N–H and O–H groups in total. The van der Waals surface area contributed by atoms with Crippen molar-refractivity contribution < 1.29 is 0 Å². The smallest absolute Gasteiger partial charge is 0.150 e. The molecule has 0 aromatic carbocycles. The van der Waals surface area contributed by atoms with Gasteiger partial charge in [0.25, 0.3) is 0 Å². The molecular weight excluding hydrogens is 318 g/mol. The van der Waals surface area contributed by atoms with Gasteiger partial charge in [-0.05, 0) is 54.0 Å². The highest BCUT2D eigenvalue weighted by Gasteiger charge is 2.47. The Bertz CT molecular complexity index is 704. The largest absolute Gasteiger partial charge is 0.304 e. The molecule has 2 heterocycles. The molecule has 2 aromatic rings. The van der Waals surface area contributed by atoms with Gasteiger partial charge in [-0.2, -0.15) is 16.6 Å². The number of thiophene rings is 1. The van der Waals surface area contributed by atoms with Gasteiger partial charge in [0.05, 0.1) is 24.0 Å². The second-order valence-corrected chi connectivity index (χ2v) is 7.90. The van der Waals surface area contributed by atoms with E-state index in [2.05, 4.69) is 38.5 Å². The second-order valence-electron chi connectivity index (χ2n) is 7.12. The fourth-order valence-corrected chi connectivity index (χ4v) is 4.41. The van der Waals surface area contributed by atoms with Gasteiger partial charge in [-0.1, -0.05) is 24.5 Å². The first-order valence-electron chi connectivity index (χ1n) is 8.89. The molecule has 0 spiro atoms. The summed E-state index contributed by atoms with van der Waals surface area (Å²) in [5.41, 5.74) is 1.90. The van der Waals surface area contributed by atoms with Crippen LogP contribution in [0.3, 0.4) is 0 Å². The van der Waals surface area contributed by atoms with Crippen molar-refractivity contribution in [2.75, 3.05) is 0 Å². The summed E-state index contributed by atoms with van der Waals surface area (Å²) in [6.45, 7) is 0.862. The molecule has 1 unspecified atom stereocenters. The Labute approximate surface area is 146 Å². The van der Waals surface area contributed by atoms with Crippen molar-refractivity contribution in [1.82, 2.24) is 20.3 Å². The molecule has 2 aliphatic rings. The third kappa shape index (κ3) is 3.11. The molecule has 0 saturated heterocycles. The summed E-state index contributed by atoms with van der Waals surface area (Å²) < 4.78 is 1.80.